The van der Waals surface area contributed by atoms with Crippen molar-refractivity contribution in [3.05, 3.63) is 47.3 Å². The number of nitrogens with zero attached hydrogens (tertiary/aromatic N) is 2. The maximum absolute atomic E-state index is 6.35. The monoisotopic (exact) mass is 454 g/mol. The Bertz CT molecular complexity index is 1100. The molecule has 0 aliphatic carbocycles. The smallest absolute Gasteiger partial charge is 0.153 e. The van der Waals surface area contributed by atoms with E-state index in [0.717, 1.165) is 70.2 Å². The zero-order valence-corrected chi connectivity index (χ0v) is 18.9. The van der Waals surface area contributed by atoms with Crippen LogP contribution in [0.15, 0.2) is 40.3 Å². The van der Waals surface area contributed by atoms with E-state index >= 15 is 0 Å². The number of aromatic nitrogens is 2. The van der Waals surface area contributed by atoms with Crippen LogP contribution < -0.4 is 38.2 Å². The Kier molecular flexibility index (Phi) is 7.25. The summed E-state index contributed by atoms with van der Waals surface area (Å²) in [6.45, 7) is 6.18. The van der Waals surface area contributed by atoms with E-state index in [1.807, 2.05) is 25.1 Å². The fraction of sp³-hybridized carbons (Fsp3) is 0.333. The topological polar surface area (TPSA) is 167 Å². The van der Waals surface area contributed by atoms with Crippen LogP contribution in [0.4, 0.5) is 0 Å². The first-order chi connectivity index (χ1) is 15.6. The quantitative estimate of drug-likeness (QED) is 0.0781. The molecular formula is C21H30N10S. The Labute approximate surface area is 191 Å². The number of imidazole rings is 1. The van der Waals surface area contributed by atoms with Crippen molar-refractivity contribution in [3.63, 3.8) is 0 Å². The van der Waals surface area contributed by atoms with Gasteiger partial charge < -0.3 is 27.1 Å². The molecule has 0 unspecified atom stereocenters. The van der Waals surface area contributed by atoms with Crippen molar-refractivity contribution in [2.24, 2.45) is 22.4 Å². The van der Waals surface area contributed by atoms with Crippen LogP contribution in [-0.2, 0) is 6.54 Å². The highest BCUT2D eigenvalue weighted by Gasteiger charge is 2.19. The summed E-state index contributed by atoms with van der Waals surface area (Å²) in [6.07, 6.45) is 0. The SMILES string of the molecule is Cc1c(SNC[C@@H]2CNCCN2)ccc(-c2cccc3[nH]c(CN)nc23)c1/C(N)=N/NN. The van der Waals surface area contributed by atoms with Gasteiger partial charge in [-0.2, -0.15) is 0 Å². The average molecular weight is 455 g/mol. The van der Waals surface area contributed by atoms with Crippen LogP contribution in [0.5, 0.6) is 0 Å². The van der Waals surface area contributed by atoms with Crippen LogP contribution in [0.25, 0.3) is 22.2 Å². The third-order valence-corrected chi connectivity index (χ3v) is 6.51. The van der Waals surface area contributed by atoms with E-state index in [4.69, 9.17) is 17.3 Å². The van der Waals surface area contributed by atoms with Crippen molar-refractivity contribution in [1.82, 2.24) is 30.9 Å². The van der Waals surface area contributed by atoms with Gasteiger partial charge in [-0.05, 0) is 42.1 Å². The number of amidine groups is 1. The molecule has 0 amide bonds. The zero-order chi connectivity index (χ0) is 22.5. The number of hydrogen-bond acceptors (Lipinski definition) is 9. The molecule has 170 valence electrons. The summed E-state index contributed by atoms with van der Waals surface area (Å²) >= 11 is 1.59. The molecule has 11 heteroatoms. The molecule has 4 rings (SSSR count). The molecule has 2 heterocycles. The van der Waals surface area contributed by atoms with Gasteiger partial charge in [0.05, 0.1) is 17.6 Å². The molecule has 1 saturated heterocycles. The van der Waals surface area contributed by atoms with Crippen molar-refractivity contribution >= 4 is 28.8 Å². The van der Waals surface area contributed by atoms with Crippen LogP contribution in [0.1, 0.15) is 17.0 Å². The van der Waals surface area contributed by atoms with Crippen molar-refractivity contribution < 1.29 is 0 Å². The molecule has 1 aliphatic rings. The first-order valence-corrected chi connectivity index (χ1v) is 11.4. The summed E-state index contributed by atoms with van der Waals surface area (Å²) in [5.41, 5.74) is 19.9. The molecule has 1 fully saturated rings. The van der Waals surface area contributed by atoms with Gasteiger partial charge >= 0.3 is 0 Å². The van der Waals surface area contributed by atoms with Crippen molar-refractivity contribution in [2.45, 2.75) is 24.4 Å². The molecule has 0 saturated carbocycles. The molecule has 1 aromatic heterocycles. The fourth-order valence-corrected chi connectivity index (χ4v) is 4.79. The highest BCUT2D eigenvalue weighted by atomic mass is 32.2. The second kappa shape index (κ2) is 10.3. The standard InChI is InChI=1S/C21H30N10S/c1-12-17(32-27-11-13-10-25-7-8-26-13)6-5-14(19(12)21(23)30-31-24)15-3-2-4-16-20(15)29-18(9-22)28-16/h2-6,13,25-27,31H,7-11,22,24H2,1H3,(H2,23,30)(H,28,29)/t13-/m0/s1. The van der Waals surface area contributed by atoms with Gasteiger partial charge in [-0.1, -0.05) is 18.2 Å². The Morgan fingerprint density at radius 3 is 2.88 bits per heavy atom. The molecule has 0 bridgehead atoms. The van der Waals surface area contributed by atoms with E-state index < -0.39 is 0 Å². The molecule has 0 spiro atoms. The van der Waals surface area contributed by atoms with Gasteiger partial charge in [0.2, 0.25) is 0 Å². The van der Waals surface area contributed by atoms with Crippen LogP contribution in [-0.4, -0.2) is 48.0 Å². The summed E-state index contributed by atoms with van der Waals surface area (Å²) in [5, 5.41) is 11.0. The first kappa shape index (κ1) is 22.5. The number of fused-ring (bicyclic) bond motifs is 1. The number of rotatable bonds is 8. The van der Waals surface area contributed by atoms with Crippen molar-refractivity contribution in [3.8, 4) is 11.1 Å². The average Bonchev–Trinajstić information content (AvgIpc) is 3.24. The number of benzene rings is 2. The number of piperazine rings is 1. The summed E-state index contributed by atoms with van der Waals surface area (Å²) in [6, 6.07) is 10.5. The predicted molar refractivity (Wildman–Crippen MR) is 131 cm³/mol. The Morgan fingerprint density at radius 2 is 2.12 bits per heavy atom. The summed E-state index contributed by atoms with van der Waals surface area (Å²) in [4.78, 5) is 9.00. The minimum atomic E-state index is 0.312. The van der Waals surface area contributed by atoms with E-state index in [2.05, 4.69) is 48.1 Å². The van der Waals surface area contributed by atoms with Gasteiger partial charge in [0.15, 0.2) is 5.84 Å². The van der Waals surface area contributed by atoms with E-state index in [-0.39, 0.29) is 0 Å². The van der Waals surface area contributed by atoms with Crippen LogP contribution in [0.3, 0.4) is 0 Å². The van der Waals surface area contributed by atoms with Crippen LogP contribution in [0, 0.1) is 6.92 Å². The number of aromatic amines is 1. The maximum atomic E-state index is 6.35. The second-order valence-corrected chi connectivity index (χ2v) is 8.57. The molecule has 11 N–H and O–H groups in total. The van der Waals surface area contributed by atoms with Gasteiger partial charge in [-0.25, -0.2) is 16.4 Å². The van der Waals surface area contributed by atoms with E-state index in [1.165, 1.54) is 0 Å². The minimum Gasteiger partial charge on any atom is -0.382 e. The summed E-state index contributed by atoms with van der Waals surface area (Å²) < 4.78 is 3.47. The molecule has 3 aromatic rings. The largest absolute Gasteiger partial charge is 0.382 e. The number of nitrogens with two attached hydrogens (primary N) is 3. The number of para-hydroxylation sites is 1. The number of hydrogen-bond donors (Lipinski definition) is 8. The van der Waals surface area contributed by atoms with E-state index in [0.29, 0.717) is 18.4 Å². The Morgan fingerprint density at radius 1 is 1.25 bits per heavy atom. The van der Waals surface area contributed by atoms with Gasteiger partial charge in [0, 0.05) is 48.2 Å². The lowest BCUT2D eigenvalue weighted by Gasteiger charge is -2.24. The van der Waals surface area contributed by atoms with Crippen LogP contribution >= 0.6 is 11.9 Å². The lowest BCUT2D eigenvalue weighted by molar-refractivity contribution is 0.419. The van der Waals surface area contributed by atoms with E-state index in [9.17, 15) is 0 Å². The van der Waals surface area contributed by atoms with E-state index in [1.54, 1.807) is 11.9 Å². The summed E-state index contributed by atoms with van der Waals surface area (Å²) in [5.74, 6) is 6.49. The highest BCUT2D eigenvalue weighted by Crippen LogP contribution is 2.35. The number of hydrazone groups is 1. The molecule has 1 atom stereocenters. The number of H-pyrrole nitrogens is 1. The number of hydrazine groups is 1. The molecule has 0 radical (unpaired) electrons. The number of nitrogens with one attached hydrogen (secondary N) is 5. The maximum Gasteiger partial charge on any atom is 0.153 e. The minimum absolute atomic E-state index is 0.312. The van der Waals surface area contributed by atoms with Crippen molar-refractivity contribution in [2.75, 3.05) is 26.2 Å². The van der Waals surface area contributed by atoms with Gasteiger partial charge in [-0.3, -0.25) is 4.72 Å². The van der Waals surface area contributed by atoms with Gasteiger partial charge in [0.1, 0.15) is 5.82 Å². The lowest BCUT2D eigenvalue weighted by Crippen LogP contribution is -2.51. The third-order valence-electron chi connectivity index (χ3n) is 5.54. The van der Waals surface area contributed by atoms with Crippen molar-refractivity contribution in [1.29, 1.82) is 0 Å². The van der Waals surface area contributed by atoms with Crippen LogP contribution in [0.2, 0.25) is 0 Å². The molecule has 1 aliphatic heterocycles. The predicted octanol–water partition coefficient (Wildman–Crippen LogP) is 0.239. The molecule has 2 aromatic carbocycles. The van der Waals surface area contributed by atoms with Gasteiger partial charge in [-0.15, -0.1) is 5.10 Å². The fourth-order valence-electron chi connectivity index (χ4n) is 3.96. The molecular weight excluding hydrogens is 424 g/mol. The normalized spacial score (nSPS) is 17.1. The van der Waals surface area contributed by atoms with Gasteiger partial charge in [0.25, 0.3) is 0 Å². The lowest BCUT2D eigenvalue weighted by atomic mass is 9.94. The Hall–Kier alpha value is -2.67. The molecule has 10 nitrogen and oxygen atoms in total. The zero-order valence-electron chi connectivity index (χ0n) is 18.0. The Balaban J connectivity index is 1.69. The molecule has 32 heavy (non-hydrogen) atoms. The summed E-state index contributed by atoms with van der Waals surface area (Å²) in [7, 11) is 0. The first-order valence-electron chi connectivity index (χ1n) is 10.6. The second-order valence-electron chi connectivity index (χ2n) is 7.63. The highest BCUT2D eigenvalue weighted by molar-refractivity contribution is 7.97. The third kappa shape index (κ3) is 4.72.